The Morgan fingerprint density at radius 1 is 0.597 bits per heavy atom. The highest BCUT2D eigenvalue weighted by Gasteiger charge is 2.32. The predicted octanol–water partition coefficient (Wildman–Crippen LogP) is 13.3. The number of para-hydroxylation sites is 1. The second kappa shape index (κ2) is 17.8. The van der Waals surface area contributed by atoms with Crippen LogP contribution in [0.3, 0.4) is 0 Å². The summed E-state index contributed by atoms with van der Waals surface area (Å²) in [5.74, 6) is 0. The first-order valence-electron chi connectivity index (χ1n) is 21.8. The molecule has 0 N–H and O–H groups in total. The molecule has 0 spiro atoms. The number of hydrogen-bond donors (Lipinski definition) is 0. The number of allylic oxidation sites excluding steroid dienone is 10. The molecule has 0 saturated carbocycles. The van der Waals surface area contributed by atoms with Crippen molar-refractivity contribution in [2.45, 2.75) is 78.6 Å². The Bertz CT molecular complexity index is 2670. The van der Waals surface area contributed by atoms with Gasteiger partial charge in [-0.05, 0) is 167 Å². The first-order chi connectivity index (χ1) is 30.1. The number of nitrogens with zero attached hydrogens (tertiary/aromatic N) is 6. The fourth-order valence-electron chi connectivity index (χ4n) is 10.1. The highest BCUT2D eigenvalue weighted by atomic mass is 15.1. The molecule has 6 heteroatoms. The van der Waals surface area contributed by atoms with Crippen molar-refractivity contribution in [1.82, 2.24) is 0 Å². The van der Waals surface area contributed by atoms with Crippen molar-refractivity contribution in [2.24, 2.45) is 10.8 Å². The van der Waals surface area contributed by atoms with Gasteiger partial charge in [0.2, 0.25) is 0 Å². The molecule has 306 valence electrons. The molecule has 0 amide bonds. The summed E-state index contributed by atoms with van der Waals surface area (Å²) in [6.07, 6.45) is 21.3. The molecule has 1 unspecified atom stereocenters. The van der Waals surface area contributed by atoms with Gasteiger partial charge in [-0.2, -0.15) is 21.0 Å². The van der Waals surface area contributed by atoms with Gasteiger partial charge in [-0.25, -0.2) is 0 Å². The summed E-state index contributed by atoms with van der Waals surface area (Å²) in [7, 11) is 0. The van der Waals surface area contributed by atoms with Crippen LogP contribution < -0.4 is 9.80 Å². The van der Waals surface area contributed by atoms with Crippen molar-refractivity contribution in [3.05, 3.63) is 177 Å². The zero-order valence-electron chi connectivity index (χ0n) is 36.1. The Balaban J connectivity index is 1.02. The van der Waals surface area contributed by atoms with E-state index in [0.717, 1.165) is 90.1 Å². The zero-order chi connectivity index (χ0) is 43.3. The average Bonchev–Trinajstić information content (AvgIpc) is 3.27. The van der Waals surface area contributed by atoms with Gasteiger partial charge in [-0.15, -0.1) is 0 Å². The minimum Gasteiger partial charge on any atom is -0.371 e. The van der Waals surface area contributed by atoms with E-state index in [2.05, 4.69) is 170 Å². The summed E-state index contributed by atoms with van der Waals surface area (Å²) in [6, 6.07) is 41.0. The fourth-order valence-corrected chi connectivity index (χ4v) is 10.1. The zero-order valence-corrected chi connectivity index (χ0v) is 36.1. The van der Waals surface area contributed by atoms with E-state index in [1.54, 1.807) is 0 Å². The molecular weight excluding hydrogens is 757 g/mol. The van der Waals surface area contributed by atoms with Gasteiger partial charge < -0.3 is 9.80 Å². The number of anilines is 4. The normalized spacial score (nSPS) is 19.0. The van der Waals surface area contributed by atoms with Crippen molar-refractivity contribution in [3.63, 3.8) is 0 Å². The lowest BCUT2D eigenvalue weighted by molar-refractivity contribution is 0.311. The van der Waals surface area contributed by atoms with Gasteiger partial charge in [0.25, 0.3) is 0 Å². The summed E-state index contributed by atoms with van der Waals surface area (Å²) >= 11 is 0. The molecule has 6 nitrogen and oxygen atoms in total. The summed E-state index contributed by atoms with van der Waals surface area (Å²) in [5, 5.41) is 38.9. The van der Waals surface area contributed by atoms with Crippen LogP contribution in [0.1, 0.15) is 87.1 Å². The molecule has 0 fully saturated rings. The fraction of sp³-hybridized carbons (Fsp3) is 0.286. The largest absolute Gasteiger partial charge is 0.371 e. The van der Waals surface area contributed by atoms with Crippen LogP contribution in [0.25, 0.3) is 12.2 Å². The van der Waals surface area contributed by atoms with Crippen LogP contribution in [0.5, 0.6) is 0 Å². The van der Waals surface area contributed by atoms with Crippen LogP contribution in [0.4, 0.5) is 22.7 Å². The molecule has 0 saturated heterocycles. The number of hydrogen-bond acceptors (Lipinski definition) is 6. The summed E-state index contributed by atoms with van der Waals surface area (Å²) in [6.45, 7) is 8.96. The maximum absolute atomic E-state index is 9.94. The minimum atomic E-state index is -0.190. The van der Waals surface area contributed by atoms with Crippen molar-refractivity contribution in [3.8, 4) is 24.3 Å². The highest BCUT2D eigenvalue weighted by Crippen LogP contribution is 2.44. The van der Waals surface area contributed by atoms with E-state index >= 15 is 0 Å². The van der Waals surface area contributed by atoms with E-state index in [4.69, 9.17) is 0 Å². The first kappa shape index (κ1) is 41.6. The third kappa shape index (κ3) is 9.27. The average molecular weight is 809 g/mol. The standard InChI is InChI=1S/C56H52N6/c1-55(2)31-43(29-47(34-55)49(36-57)37-58)15-13-40-17-21-52(22-18-40)62(51-11-5-4-6-12-51)53-23-19-41(20-24-53)32-56(3)33-44(30-48(35-56)50(38-59)39-60)16-14-42-27-45-9-7-25-61-26-8-10-46(28-42)54(45)61/h4-6,11-24,27-30H,7-10,25-26,31-35H2,1-3H3/b15-13+,16-14+. The van der Waals surface area contributed by atoms with Crippen LogP contribution in [-0.4, -0.2) is 13.1 Å². The molecule has 8 rings (SSSR count). The lowest BCUT2D eigenvalue weighted by Gasteiger charge is -2.37. The summed E-state index contributed by atoms with van der Waals surface area (Å²) in [5.41, 5.74) is 15.1. The van der Waals surface area contributed by atoms with Crippen molar-refractivity contribution >= 4 is 34.9 Å². The Morgan fingerprint density at radius 2 is 1.11 bits per heavy atom. The Hall–Kier alpha value is -7.12. The molecule has 4 aromatic rings. The molecule has 0 aromatic heterocycles. The topological polar surface area (TPSA) is 102 Å². The summed E-state index contributed by atoms with van der Waals surface area (Å²) < 4.78 is 0. The first-order valence-corrected chi connectivity index (χ1v) is 21.8. The lowest BCUT2D eigenvalue weighted by Crippen LogP contribution is -2.34. The van der Waals surface area contributed by atoms with Gasteiger partial charge in [0.05, 0.1) is 0 Å². The second-order valence-corrected chi connectivity index (χ2v) is 18.5. The van der Waals surface area contributed by atoms with Crippen LogP contribution in [0.15, 0.2) is 149 Å². The third-order valence-electron chi connectivity index (χ3n) is 12.7. The predicted molar refractivity (Wildman–Crippen MR) is 251 cm³/mol. The number of benzene rings is 4. The Kier molecular flexibility index (Phi) is 12.0. The van der Waals surface area contributed by atoms with Crippen molar-refractivity contribution in [1.29, 1.82) is 21.0 Å². The van der Waals surface area contributed by atoms with E-state index in [0.29, 0.717) is 12.8 Å². The highest BCUT2D eigenvalue weighted by molar-refractivity contribution is 5.77. The van der Waals surface area contributed by atoms with Gasteiger partial charge in [-0.3, -0.25) is 0 Å². The van der Waals surface area contributed by atoms with Gasteiger partial charge in [-0.1, -0.05) is 99.7 Å². The molecule has 4 aromatic carbocycles. The van der Waals surface area contributed by atoms with Crippen LogP contribution >= 0.6 is 0 Å². The number of aryl methyl sites for hydroxylation is 2. The minimum absolute atomic E-state index is 0.0389. The number of nitriles is 4. The van der Waals surface area contributed by atoms with E-state index in [1.807, 2.05) is 12.1 Å². The third-order valence-corrected chi connectivity index (χ3v) is 12.7. The Labute approximate surface area is 367 Å². The van der Waals surface area contributed by atoms with Gasteiger partial charge >= 0.3 is 0 Å². The number of rotatable bonds is 9. The van der Waals surface area contributed by atoms with E-state index in [-0.39, 0.29) is 22.0 Å². The van der Waals surface area contributed by atoms with Crippen LogP contribution in [0.2, 0.25) is 0 Å². The monoisotopic (exact) mass is 808 g/mol. The van der Waals surface area contributed by atoms with Crippen LogP contribution in [0, 0.1) is 56.2 Å². The molecular formula is C56H52N6. The second-order valence-electron chi connectivity index (χ2n) is 18.5. The van der Waals surface area contributed by atoms with Crippen molar-refractivity contribution in [2.75, 3.05) is 22.9 Å². The molecule has 62 heavy (non-hydrogen) atoms. The van der Waals surface area contributed by atoms with Crippen LogP contribution in [-0.2, 0) is 19.3 Å². The molecule has 0 bridgehead atoms. The van der Waals surface area contributed by atoms with Gasteiger partial charge in [0.1, 0.15) is 35.4 Å². The summed E-state index contributed by atoms with van der Waals surface area (Å²) in [4.78, 5) is 4.84. The molecule has 2 heterocycles. The van der Waals surface area contributed by atoms with Crippen molar-refractivity contribution < 1.29 is 0 Å². The molecule has 2 aliphatic heterocycles. The van der Waals surface area contributed by atoms with E-state index in [9.17, 15) is 21.0 Å². The van der Waals surface area contributed by atoms with Gasteiger partial charge in [0, 0.05) is 35.8 Å². The SMILES string of the molecule is CC1(C)CC(/C=C/c2ccc(N(c3ccccc3)c3ccc(CC4(C)CC(/C=C/c5cc6c7c(c5)CCCN7CCC6)=CC(=C(C#N)C#N)C4)cc3)cc2)=CC(=C(C#N)C#N)C1. The molecule has 2 aliphatic carbocycles. The lowest BCUT2D eigenvalue weighted by atomic mass is 9.69. The maximum Gasteiger partial charge on any atom is 0.132 e. The van der Waals surface area contributed by atoms with E-state index < -0.39 is 0 Å². The van der Waals surface area contributed by atoms with E-state index in [1.165, 1.54) is 40.8 Å². The molecule has 1 atom stereocenters. The van der Waals surface area contributed by atoms with Gasteiger partial charge in [0.15, 0.2) is 0 Å². The quantitative estimate of drug-likeness (QED) is 0.156. The Morgan fingerprint density at radius 3 is 1.69 bits per heavy atom. The smallest absolute Gasteiger partial charge is 0.132 e. The molecule has 0 radical (unpaired) electrons. The maximum atomic E-state index is 9.94. The molecule has 4 aliphatic rings.